The van der Waals surface area contributed by atoms with Crippen LogP contribution in [0.25, 0.3) is 0 Å². The summed E-state index contributed by atoms with van der Waals surface area (Å²) in [6.07, 6.45) is 0.828. The van der Waals surface area contributed by atoms with Crippen LogP contribution in [0.5, 0.6) is 0 Å². The van der Waals surface area contributed by atoms with Crippen LogP contribution in [0.15, 0.2) is 48.5 Å². The van der Waals surface area contributed by atoms with E-state index < -0.39 is 6.04 Å². The average Bonchev–Trinajstić information content (AvgIpc) is 3.03. The Morgan fingerprint density at radius 3 is 2.39 bits per heavy atom. The number of rotatable bonds is 5. The number of amides is 2. The second-order valence-corrected chi connectivity index (χ2v) is 8.41. The summed E-state index contributed by atoms with van der Waals surface area (Å²) < 4.78 is 0. The molecule has 6 nitrogen and oxygen atoms in total. The molecule has 0 radical (unpaired) electrons. The number of carbonyl (C=O) groups is 2. The Bertz CT molecular complexity index is 968. The molecule has 0 spiro atoms. The van der Waals surface area contributed by atoms with Gasteiger partial charge in [0.05, 0.1) is 22.2 Å². The van der Waals surface area contributed by atoms with Gasteiger partial charge in [-0.25, -0.2) is 0 Å². The predicted molar refractivity (Wildman–Crippen MR) is 122 cm³/mol. The largest absolute Gasteiger partial charge is 0.370 e. The number of hydrogen-bond acceptors (Lipinski definition) is 4. The molecule has 0 aromatic heterocycles. The molecule has 2 amide bonds. The highest BCUT2D eigenvalue weighted by atomic mass is 35.5. The zero-order valence-electron chi connectivity index (χ0n) is 17.8. The SMILES string of the molecule is CC(C)C(NC(=O)c1ccccc1Cl)C(=O)N1CCCN(c2ccc(C#N)cc2)CC1. The van der Waals surface area contributed by atoms with Crippen LogP contribution in [0.3, 0.4) is 0 Å². The van der Waals surface area contributed by atoms with E-state index in [4.69, 9.17) is 16.9 Å². The lowest BCUT2D eigenvalue weighted by atomic mass is 10.0. The van der Waals surface area contributed by atoms with Gasteiger partial charge in [0, 0.05) is 31.9 Å². The van der Waals surface area contributed by atoms with E-state index in [1.54, 1.807) is 24.3 Å². The molecule has 1 fully saturated rings. The second-order valence-electron chi connectivity index (χ2n) is 8.00. The highest BCUT2D eigenvalue weighted by molar-refractivity contribution is 6.33. The molecule has 1 N–H and O–H groups in total. The van der Waals surface area contributed by atoms with E-state index in [0.717, 1.165) is 18.7 Å². The van der Waals surface area contributed by atoms with Crippen LogP contribution in [-0.2, 0) is 4.79 Å². The summed E-state index contributed by atoms with van der Waals surface area (Å²) in [7, 11) is 0. The standard InChI is InChI=1S/C24H27ClN4O2/c1-17(2)22(27-23(30)20-6-3-4-7-21(20)25)24(31)29-13-5-12-28(14-15-29)19-10-8-18(16-26)9-11-19/h3-4,6-11,17,22H,5,12-15H2,1-2H3,(H,27,30). The van der Waals surface area contributed by atoms with Crippen molar-refractivity contribution in [3.63, 3.8) is 0 Å². The van der Waals surface area contributed by atoms with Gasteiger partial charge in [0.1, 0.15) is 6.04 Å². The van der Waals surface area contributed by atoms with Crippen molar-refractivity contribution >= 4 is 29.1 Å². The summed E-state index contributed by atoms with van der Waals surface area (Å²) in [5.74, 6) is -0.472. The molecule has 0 saturated carbocycles. The van der Waals surface area contributed by atoms with Crippen molar-refractivity contribution < 1.29 is 9.59 Å². The van der Waals surface area contributed by atoms with Gasteiger partial charge in [0.2, 0.25) is 5.91 Å². The van der Waals surface area contributed by atoms with Crippen molar-refractivity contribution in [3.05, 3.63) is 64.7 Å². The molecule has 2 aromatic carbocycles. The fourth-order valence-corrected chi connectivity index (χ4v) is 3.94. The van der Waals surface area contributed by atoms with E-state index in [1.165, 1.54) is 0 Å². The number of nitrogens with one attached hydrogen (secondary N) is 1. The first kappa shape index (κ1) is 22.6. The highest BCUT2D eigenvalue weighted by Crippen LogP contribution is 2.19. The molecule has 1 aliphatic rings. The van der Waals surface area contributed by atoms with Gasteiger partial charge < -0.3 is 15.1 Å². The minimum absolute atomic E-state index is 0.0585. The van der Waals surface area contributed by atoms with E-state index in [0.29, 0.717) is 35.8 Å². The van der Waals surface area contributed by atoms with Crippen LogP contribution >= 0.6 is 11.6 Å². The van der Waals surface area contributed by atoms with Crippen molar-refractivity contribution in [2.24, 2.45) is 5.92 Å². The number of hydrogen-bond donors (Lipinski definition) is 1. The lowest BCUT2D eigenvalue weighted by Gasteiger charge is -2.29. The third kappa shape index (κ3) is 5.56. The third-order valence-corrected chi connectivity index (χ3v) is 5.84. The number of nitriles is 1. The minimum Gasteiger partial charge on any atom is -0.370 e. The molecule has 7 heteroatoms. The molecule has 1 saturated heterocycles. The summed E-state index contributed by atoms with van der Waals surface area (Å²) in [5.41, 5.74) is 2.04. The topological polar surface area (TPSA) is 76.4 Å². The molecular weight excluding hydrogens is 412 g/mol. The molecule has 0 bridgehead atoms. The number of nitrogens with zero attached hydrogens (tertiary/aromatic N) is 3. The lowest BCUT2D eigenvalue weighted by molar-refractivity contribution is -0.134. The van der Waals surface area contributed by atoms with Crippen molar-refractivity contribution in [1.82, 2.24) is 10.2 Å². The van der Waals surface area contributed by atoms with Crippen LogP contribution in [0.2, 0.25) is 5.02 Å². The Hall–Kier alpha value is -3.04. The maximum atomic E-state index is 13.3. The molecule has 1 heterocycles. The molecule has 3 rings (SSSR count). The van der Waals surface area contributed by atoms with Crippen LogP contribution in [0.1, 0.15) is 36.2 Å². The second kappa shape index (κ2) is 10.3. The zero-order chi connectivity index (χ0) is 22.4. The quantitative estimate of drug-likeness (QED) is 0.772. The van der Waals surface area contributed by atoms with Gasteiger partial charge in [-0.2, -0.15) is 5.26 Å². The molecule has 31 heavy (non-hydrogen) atoms. The van der Waals surface area contributed by atoms with Crippen molar-refractivity contribution in [1.29, 1.82) is 5.26 Å². The van der Waals surface area contributed by atoms with E-state index in [-0.39, 0.29) is 17.7 Å². The van der Waals surface area contributed by atoms with Crippen molar-refractivity contribution in [3.8, 4) is 6.07 Å². The Balaban J connectivity index is 1.67. The molecule has 1 atom stereocenters. The van der Waals surface area contributed by atoms with E-state index >= 15 is 0 Å². The minimum atomic E-state index is -0.620. The van der Waals surface area contributed by atoms with E-state index in [2.05, 4.69) is 16.3 Å². The zero-order valence-corrected chi connectivity index (χ0v) is 18.6. The summed E-state index contributed by atoms with van der Waals surface area (Å²) in [4.78, 5) is 30.1. The first-order valence-electron chi connectivity index (χ1n) is 10.5. The first-order chi connectivity index (χ1) is 14.9. The third-order valence-electron chi connectivity index (χ3n) is 5.51. The van der Waals surface area contributed by atoms with Gasteiger partial charge in [-0.1, -0.05) is 37.6 Å². The normalized spacial score (nSPS) is 15.2. The van der Waals surface area contributed by atoms with Gasteiger partial charge in [0.15, 0.2) is 0 Å². The fraction of sp³-hybridized carbons (Fsp3) is 0.375. The van der Waals surface area contributed by atoms with Crippen LogP contribution in [0.4, 0.5) is 5.69 Å². The van der Waals surface area contributed by atoms with Gasteiger partial charge in [-0.05, 0) is 48.7 Å². The van der Waals surface area contributed by atoms with E-state index in [9.17, 15) is 9.59 Å². The van der Waals surface area contributed by atoms with Gasteiger partial charge in [-0.15, -0.1) is 0 Å². The maximum Gasteiger partial charge on any atom is 0.253 e. The monoisotopic (exact) mass is 438 g/mol. The van der Waals surface area contributed by atoms with Crippen LogP contribution < -0.4 is 10.2 Å². The summed E-state index contributed by atoms with van der Waals surface area (Å²) in [5, 5.41) is 12.2. The summed E-state index contributed by atoms with van der Waals surface area (Å²) in [6, 6.07) is 15.8. The predicted octanol–water partition coefficient (Wildman–Crippen LogP) is 3.70. The average molecular weight is 439 g/mol. The van der Waals surface area contributed by atoms with E-state index in [1.807, 2.05) is 43.0 Å². The number of halogens is 1. The molecular formula is C24H27ClN4O2. The Kier molecular flexibility index (Phi) is 7.54. The van der Waals surface area contributed by atoms with Gasteiger partial charge in [-0.3, -0.25) is 9.59 Å². The number of benzene rings is 2. The maximum absolute atomic E-state index is 13.3. The fourth-order valence-electron chi connectivity index (χ4n) is 3.72. The Morgan fingerprint density at radius 1 is 1.03 bits per heavy atom. The molecule has 2 aromatic rings. The van der Waals surface area contributed by atoms with Crippen molar-refractivity contribution in [2.45, 2.75) is 26.3 Å². The summed E-state index contributed by atoms with van der Waals surface area (Å²) in [6.45, 7) is 6.59. The smallest absolute Gasteiger partial charge is 0.253 e. The van der Waals surface area contributed by atoms with Crippen LogP contribution in [0, 0.1) is 17.2 Å². The Labute approximate surface area is 188 Å². The first-order valence-corrected chi connectivity index (χ1v) is 10.9. The molecule has 0 aliphatic carbocycles. The molecule has 162 valence electrons. The van der Waals surface area contributed by atoms with Crippen LogP contribution in [-0.4, -0.2) is 48.9 Å². The van der Waals surface area contributed by atoms with Gasteiger partial charge in [0.25, 0.3) is 5.91 Å². The summed E-state index contributed by atoms with van der Waals surface area (Å²) >= 11 is 6.15. The molecule has 1 aliphatic heterocycles. The van der Waals surface area contributed by atoms with Crippen molar-refractivity contribution in [2.75, 3.05) is 31.1 Å². The lowest BCUT2D eigenvalue weighted by Crippen LogP contribution is -2.52. The van der Waals surface area contributed by atoms with Gasteiger partial charge >= 0.3 is 0 Å². The Morgan fingerprint density at radius 2 is 1.74 bits per heavy atom. The highest BCUT2D eigenvalue weighted by Gasteiger charge is 2.30. The number of carbonyl (C=O) groups excluding carboxylic acids is 2. The molecule has 1 unspecified atom stereocenters. The number of anilines is 1.